The fraction of sp³-hybridized carbons (Fsp3) is 0.286. The van der Waals surface area contributed by atoms with Crippen LogP contribution in [0.1, 0.15) is 13.3 Å². The number of hydrogen-bond acceptors (Lipinski definition) is 5. The lowest BCUT2D eigenvalue weighted by Crippen LogP contribution is -2.11. The molecule has 0 aliphatic carbocycles. The molecule has 0 aliphatic heterocycles. The number of ether oxygens (including phenoxy) is 1. The van der Waals surface area contributed by atoms with Crippen LogP contribution in [0.15, 0.2) is 30.5 Å². The van der Waals surface area contributed by atoms with E-state index in [0.717, 1.165) is 16.6 Å². The highest BCUT2D eigenvalue weighted by atomic mass is 16.5. The monoisotopic (exact) mass is 259 g/mol. The molecule has 0 aliphatic rings. The fourth-order valence-electron chi connectivity index (χ4n) is 1.85. The first-order valence-corrected chi connectivity index (χ1v) is 6.24. The standard InChI is InChI=1S/C14H17N3O2/c1-2-19-14(18)6-8-16-12-5-7-17-13-9-10(15)3-4-11(12)13/h3-5,7,9H,2,6,8,15H2,1H3,(H,16,17). The predicted octanol–water partition coefficient (Wildman–Crippen LogP) is 2.18. The van der Waals surface area contributed by atoms with Crippen molar-refractivity contribution < 1.29 is 9.53 Å². The highest BCUT2D eigenvalue weighted by Crippen LogP contribution is 2.23. The van der Waals surface area contributed by atoms with Gasteiger partial charge in [-0.15, -0.1) is 0 Å². The normalized spacial score (nSPS) is 10.4. The molecule has 0 atom stereocenters. The van der Waals surface area contributed by atoms with Crippen LogP contribution in [0.4, 0.5) is 11.4 Å². The molecule has 5 nitrogen and oxygen atoms in total. The fourth-order valence-corrected chi connectivity index (χ4v) is 1.85. The van der Waals surface area contributed by atoms with E-state index in [0.29, 0.717) is 25.3 Å². The molecule has 1 aromatic carbocycles. The summed E-state index contributed by atoms with van der Waals surface area (Å²) in [5, 5.41) is 4.20. The van der Waals surface area contributed by atoms with Gasteiger partial charge in [-0.2, -0.15) is 0 Å². The van der Waals surface area contributed by atoms with E-state index >= 15 is 0 Å². The molecule has 100 valence electrons. The van der Waals surface area contributed by atoms with Crippen LogP contribution in [0.2, 0.25) is 0 Å². The maximum atomic E-state index is 11.3. The molecular weight excluding hydrogens is 242 g/mol. The Kier molecular flexibility index (Phi) is 4.18. The summed E-state index contributed by atoms with van der Waals surface area (Å²) in [7, 11) is 0. The topological polar surface area (TPSA) is 77.2 Å². The Bertz CT molecular complexity index is 584. The van der Waals surface area contributed by atoms with Gasteiger partial charge in [0.1, 0.15) is 0 Å². The number of carbonyl (C=O) groups is 1. The summed E-state index contributed by atoms with van der Waals surface area (Å²) >= 11 is 0. The van der Waals surface area contributed by atoms with E-state index < -0.39 is 0 Å². The number of fused-ring (bicyclic) bond motifs is 1. The minimum absolute atomic E-state index is 0.197. The van der Waals surface area contributed by atoms with E-state index in [1.165, 1.54) is 0 Å². The molecule has 0 fully saturated rings. The number of rotatable bonds is 5. The van der Waals surface area contributed by atoms with Crippen molar-refractivity contribution in [1.29, 1.82) is 0 Å². The van der Waals surface area contributed by atoms with Crippen molar-refractivity contribution in [2.24, 2.45) is 0 Å². The van der Waals surface area contributed by atoms with Crippen LogP contribution in [0.3, 0.4) is 0 Å². The van der Waals surface area contributed by atoms with Crippen LogP contribution < -0.4 is 11.1 Å². The summed E-state index contributed by atoms with van der Waals surface area (Å²) in [6.45, 7) is 2.74. The first-order chi connectivity index (χ1) is 9.20. The number of aromatic nitrogens is 1. The van der Waals surface area contributed by atoms with Gasteiger partial charge in [-0.1, -0.05) is 0 Å². The van der Waals surface area contributed by atoms with Crippen LogP contribution in [0.5, 0.6) is 0 Å². The average molecular weight is 259 g/mol. The lowest BCUT2D eigenvalue weighted by molar-refractivity contribution is -0.142. The third kappa shape index (κ3) is 3.34. The van der Waals surface area contributed by atoms with Gasteiger partial charge >= 0.3 is 5.97 Å². The van der Waals surface area contributed by atoms with E-state index in [9.17, 15) is 4.79 Å². The third-order valence-electron chi connectivity index (χ3n) is 2.72. The van der Waals surface area contributed by atoms with E-state index in [1.54, 1.807) is 13.1 Å². The quantitative estimate of drug-likeness (QED) is 0.635. The molecule has 0 amide bonds. The summed E-state index contributed by atoms with van der Waals surface area (Å²) < 4.78 is 4.88. The number of anilines is 2. The number of hydrogen-bond donors (Lipinski definition) is 2. The zero-order chi connectivity index (χ0) is 13.7. The summed E-state index contributed by atoms with van der Waals surface area (Å²) in [4.78, 5) is 15.5. The first kappa shape index (κ1) is 13.1. The molecule has 2 rings (SSSR count). The van der Waals surface area contributed by atoms with Crippen LogP contribution in [-0.4, -0.2) is 24.1 Å². The maximum absolute atomic E-state index is 11.3. The summed E-state index contributed by atoms with van der Waals surface area (Å²) in [6, 6.07) is 7.46. The molecule has 5 heteroatoms. The van der Waals surface area contributed by atoms with E-state index in [4.69, 9.17) is 10.5 Å². The van der Waals surface area contributed by atoms with Gasteiger partial charge < -0.3 is 15.8 Å². The van der Waals surface area contributed by atoms with E-state index in [1.807, 2.05) is 24.3 Å². The summed E-state index contributed by atoms with van der Waals surface area (Å²) in [5.74, 6) is -0.197. The van der Waals surface area contributed by atoms with Crippen LogP contribution in [0.25, 0.3) is 10.9 Å². The second-order valence-corrected chi connectivity index (χ2v) is 4.12. The van der Waals surface area contributed by atoms with Gasteiger partial charge in [0.2, 0.25) is 0 Å². The highest BCUT2D eigenvalue weighted by Gasteiger charge is 2.04. The Hall–Kier alpha value is -2.30. The average Bonchev–Trinajstić information content (AvgIpc) is 2.39. The van der Waals surface area contributed by atoms with Crippen molar-refractivity contribution in [2.45, 2.75) is 13.3 Å². The largest absolute Gasteiger partial charge is 0.466 e. The number of nitrogens with zero attached hydrogens (tertiary/aromatic N) is 1. The number of benzene rings is 1. The van der Waals surface area contributed by atoms with Crippen LogP contribution >= 0.6 is 0 Å². The summed E-state index contributed by atoms with van der Waals surface area (Å²) in [5.41, 5.74) is 8.18. The Labute approximate surface area is 111 Å². The number of carbonyl (C=O) groups excluding carboxylic acids is 1. The first-order valence-electron chi connectivity index (χ1n) is 6.24. The molecule has 0 spiro atoms. The van der Waals surface area contributed by atoms with E-state index in [2.05, 4.69) is 10.3 Å². The van der Waals surface area contributed by atoms with Crippen LogP contribution in [-0.2, 0) is 9.53 Å². The Morgan fingerprint density at radius 2 is 2.26 bits per heavy atom. The van der Waals surface area contributed by atoms with Gasteiger partial charge in [0.25, 0.3) is 0 Å². The predicted molar refractivity (Wildman–Crippen MR) is 75.9 cm³/mol. The number of esters is 1. The molecule has 3 N–H and O–H groups in total. The minimum atomic E-state index is -0.197. The molecule has 0 saturated carbocycles. The van der Waals surface area contributed by atoms with Gasteiger partial charge in [-0.25, -0.2) is 0 Å². The van der Waals surface area contributed by atoms with Gasteiger partial charge in [-0.05, 0) is 31.2 Å². The zero-order valence-corrected chi connectivity index (χ0v) is 10.8. The van der Waals surface area contributed by atoms with Crippen molar-refractivity contribution in [3.05, 3.63) is 30.5 Å². The van der Waals surface area contributed by atoms with Gasteiger partial charge in [0, 0.05) is 29.5 Å². The minimum Gasteiger partial charge on any atom is -0.466 e. The van der Waals surface area contributed by atoms with Crippen molar-refractivity contribution in [2.75, 3.05) is 24.2 Å². The van der Waals surface area contributed by atoms with Gasteiger partial charge in [-0.3, -0.25) is 9.78 Å². The van der Waals surface area contributed by atoms with Crippen molar-refractivity contribution in [1.82, 2.24) is 4.98 Å². The molecule has 2 aromatic rings. The van der Waals surface area contributed by atoms with Gasteiger partial charge in [0.15, 0.2) is 0 Å². The number of pyridine rings is 1. The Morgan fingerprint density at radius 1 is 1.42 bits per heavy atom. The zero-order valence-electron chi connectivity index (χ0n) is 10.8. The molecule has 19 heavy (non-hydrogen) atoms. The molecular formula is C14H17N3O2. The molecule has 1 aromatic heterocycles. The van der Waals surface area contributed by atoms with Crippen molar-refractivity contribution >= 4 is 28.2 Å². The summed E-state index contributed by atoms with van der Waals surface area (Å²) in [6.07, 6.45) is 2.06. The number of nitrogens with two attached hydrogens (primary N) is 1. The lowest BCUT2D eigenvalue weighted by atomic mass is 10.1. The SMILES string of the molecule is CCOC(=O)CCNc1ccnc2cc(N)ccc12. The number of nitrogens with one attached hydrogen (secondary N) is 1. The molecule has 0 bridgehead atoms. The van der Waals surface area contributed by atoms with Crippen molar-refractivity contribution in [3.8, 4) is 0 Å². The molecule has 0 unspecified atom stereocenters. The van der Waals surface area contributed by atoms with Gasteiger partial charge in [0.05, 0.1) is 18.5 Å². The highest BCUT2D eigenvalue weighted by molar-refractivity contribution is 5.92. The lowest BCUT2D eigenvalue weighted by Gasteiger charge is -2.09. The van der Waals surface area contributed by atoms with Crippen LogP contribution in [0, 0.1) is 0 Å². The third-order valence-corrected chi connectivity index (χ3v) is 2.72. The van der Waals surface area contributed by atoms with Crippen molar-refractivity contribution in [3.63, 3.8) is 0 Å². The molecule has 0 saturated heterocycles. The molecule has 1 heterocycles. The molecule has 0 radical (unpaired) electrons. The Balaban J connectivity index is 2.06. The second-order valence-electron chi connectivity index (χ2n) is 4.12. The smallest absolute Gasteiger partial charge is 0.307 e. The second kappa shape index (κ2) is 6.04. The number of nitrogen functional groups attached to an aromatic ring is 1. The van der Waals surface area contributed by atoms with E-state index in [-0.39, 0.29) is 5.97 Å². The maximum Gasteiger partial charge on any atom is 0.307 e. The Morgan fingerprint density at radius 3 is 3.05 bits per heavy atom.